The van der Waals surface area contributed by atoms with Crippen molar-refractivity contribution in [3.05, 3.63) is 76.2 Å². The molecule has 0 radical (unpaired) electrons. The number of benzene rings is 2. The summed E-state index contributed by atoms with van der Waals surface area (Å²) in [6, 6.07) is 11.2. The minimum atomic E-state index is -1.02. The number of amides is 2. The Morgan fingerprint density at radius 1 is 1.18 bits per heavy atom. The van der Waals surface area contributed by atoms with Crippen LogP contribution >= 0.6 is 23.2 Å². The summed E-state index contributed by atoms with van der Waals surface area (Å²) in [6.07, 6.45) is 1.49. The molecule has 0 aliphatic rings. The van der Waals surface area contributed by atoms with Crippen LogP contribution in [0.25, 0.3) is 0 Å². The van der Waals surface area contributed by atoms with Gasteiger partial charge in [-0.2, -0.15) is 4.98 Å². The van der Waals surface area contributed by atoms with E-state index in [1.165, 1.54) is 35.4 Å². The summed E-state index contributed by atoms with van der Waals surface area (Å²) in [5.41, 5.74) is 0.00997. The van der Waals surface area contributed by atoms with E-state index in [2.05, 4.69) is 20.6 Å². The van der Waals surface area contributed by atoms with E-state index in [-0.39, 0.29) is 24.4 Å². The molecule has 1 unspecified atom stereocenters. The largest absolute Gasteiger partial charge is 0.388 e. The number of hydrogen-bond donors (Lipinski definition) is 3. The van der Waals surface area contributed by atoms with E-state index in [1.807, 2.05) is 0 Å². The van der Waals surface area contributed by atoms with Crippen LogP contribution in [0.5, 0.6) is 0 Å². The second-order valence-electron chi connectivity index (χ2n) is 7.94. The lowest BCUT2D eigenvalue weighted by Crippen LogP contribution is -2.40. The van der Waals surface area contributed by atoms with Gasteiger partial charge in [0.1, 0.15) is 11.6 Å². The van der Waals surface area contributed by atoms with Crippen LogP contribution in [0.3, 0.4) is 0 Å². The summed E-state index contributed by atoms with van der Waals surface area (Å²) in [5.74, 6) is 0.0329. The average Bonchev–Trinajstić information content (AvgIpc) is 2.76. The normalized spacial score (nSPS) is 12.2. The van der Waals surface area contributed by atoms with Crippen LogP contribution in [0, 0.1) is 5.82 Å². The maximum atomic E-state index is 13.5. The highest BCUT2D eigenvalue weighted by Gasteiger charge is 2.24. The number of hydrogen-bond acceptors (Lipinski definition) is 5. The number of rotatable bonds is 7. The molecule has 2 aromatic carbocycles. The van der Waals surface area contributed by atoms with E-state index in [9.17, 15) is 14.3 Å². The second kappa shape index (κ2) is 10.3. The molecule has 0 aliphatic carbocycles. The summed E-state index contributed by atoms with van der Waals surface area (Å²) < 4.78 is 13.5. The third-order valence-electron chi connectivity index (χ3n) is 5.02. The van der Waals surface area contributed by atoms with Gasteiger partial charge in [-0.1, -0.05) is 35.3 Å². The molecule has 1 heterocycles. The van der Waals surface area contributed by atoms with Gasteiger partial charge in [0.2, 0.25) is 5.95 Å². The molecule has 0 saturated heterocycles. The third-order valence-corrected chi connectivity index (χ3v) is 5.88. The van der Waals surface area contributed by atoms with Crippen molar-refractivity contribution in [3.63, 3.8) is 0 Å². The van der Waals surface area contributed by atoms with Crippen LogP contribution < -0.4 is 15.5 Å². The number of carbonyl (C=O) groups is 1. The third kappa shape index (κ3) is 6.31. The van der Waals surface area contributed by atoms with E-state index in [0.717, 1.165) is 0 Å². The van der Waals surface area contributed by atoms with Crippen molar-refractivity contribution in [2.24, 2.45) is 0 Å². The molecular weight excluding hydrogens is 468 g/mol. The molecule has 0 bridgehead atoms. The smallest absolute Gasteiger partial charge is 0.327 e. The molecule has 10 heteroatoms. The SMILES string of the molecule is CC(Nc1nccc(N(C(=O)NCc2cccc(Cl)c2Cl)c2ccc(F)cc2)n1)C(C)(C)O. The molecule has 3 N–H and O–H groups in total. The van der Waals surface area contributed by atoms with Gasteiger partial charge in [0.15, 0.2) is 0 Å². The maximum absolute atomic E-state index is 13.5. The first-order chi connectivity index (χ1) is 15.6. The van der Waals surface area contributed by atoms with Crippen molar-refractivity contribution in [2.45, 2.75) is 39.0 Å². The van der Waals surface area contributed by atoms with Crippen LogP contribution in [-0.4, -0.2) is 32.7 Å². The number of urea groups is 1. The molecule has 7 nitrogen and oxygen atoms in total. The highest BCUT2D eigenvalue weighted by Crippen LogP contribution is 2.27. The number of aromatic nitrogens is 2. The molecule has 33 heavy (non-hydrogen) atoms. The number of aliphatic hydroxyl groups is 1. The van der Waals surface area contributed by atoms with Crippen LogP contribution in [0.4, 0.5) is 26.6 Å². The number of halogens is 3. The second-order valence-corrected chi connectivity index (χ2v) is 8.73. The monoisotopic (exact) mass is 491 g/mol. The van der Waals surface area contributed by atoms with Crippen molar-refractivity contribution >= 4 is 46.7 Å². The molecular formula is C23H24Cl2FN5O2. The van der Waals surface area contributed by atoms with Gasteiger partial charge < -0.3 is 15.7 Å². The standard InChI is InChI=1S/C23H24Cl2FN5O2/c1-14(23(2,3)33)29-21-27-12-11-19(30-21)31(17-9-7-16(26)8-10-17)22(32)28-13-15-5-4-6-18(24)20(15)25/h4-12,14,33H,13H2,1-3H3,(H,28,32)(H,27,29,30). The summed E-state index contributed by atoms with van der Waals surface area (Å²) in [6.45, 7) is 5.22. The molecule has 3 aromatic rings. The van der Waals surface area contributed by atoms with Crippen LogP contribution in [0.1, 0.15) is 26.3 Å². The first-order valence-electron chi connectivity index (χ1n) is 10.1. The molecule has 0 aliphatic heterocycles. The molecule has 2 amide bonds. The first kappa shape index (κ1) is 24.7. The van der Waals surface area contributed by atoms with Gasteiger partial charge in [-0.25, -0.2) is 19.1 Å². The van der Waals surface area contributed by atoms with Crippen LogP contribution in [0.15, 0.2) is 54.7 Å². The van der Waals surface area contributed by atoms with Crippen LogP contribution in [0.2, 0.25) is 10.0 Å². The Bertz CT molecular complexity index is 1120. The fourth-order valence-corrected chi connectivity index (χ4v) is 3.18. The van der Waals surface area contributed by atoms with Gasteiger partial charge in [-0.3, -0.25) is 0 Å². The minimum absolute atomic E-state index is 0.113. The number of nitrogens with zero attached hydrogens (tertiary/aromatic N) is 3. The Kier molecular flexibility index (Phi) is 7.73. The van der Waals surface area contributed by atoms with Gasteiger partial charge in [-0.05, 0) is 56.7 Å². The Labute approximate surface area is 201 Å². The van der Waals surface area contributed by atoms with Crippen molar-refractivity contribution in [1.82, 2.24) is 15.3 Å². The highest BCUT2D eigenvalue weighted by atomic mass is 35.5. The summed E-state index contributed by atoms with van der Waals surface area (Å²) in [4.78, 5) is 23.1. The van der Waals surface area contributed by atoms with Crippen molar-refractivity contribution in [2.75, 3.05) is 10.2 Å². The van der Waals surface area contributed by atoms with Crippen molar-refractivity contribution in [3.8, 4) is 0 Å². The number of carbonyl (C=O) groups excluding carboxylic acids is 1. The summed E-state index contributed by atoms with van der Waals surface area (Å²) in [7, 11) is 0. The Balaban J connectivity index is 1.90. The van der Waals surface area contributed by atoms with Gasteiger partial charge in [-0.15, -0.1) is 0 Å². The molecule has 0 spiro atoms. The zero-order chi connectivity index (χ0) is 24.2. The fraction of sp³-hybridized carbons (Fsp3) is 0.261. The lowest BCUT2D eigenvalue weighted by molar-refractivity contribution is 0.0646. The van der Waals surface area contributed by atoms with Gasteiger partial charge in [0, 0.05) is 18.8 Å². The lowest BCUT2D eigenvalue weighted by Gasteiger charge is -2.27. The van der Waals surface area contributed by atoms with Gasteiger partial charge in [0.05, 0.1) is 27.4 Å². The average molecular weight is 492 g/mol. The molecule has 3 rings (SSSR count). The Hall–Kier alpha value is -2.94. The predicted molar refractivity (Wildman–Crippen MR) is 129 cm³/mol. The fourth-order valence-electron chi connectivity index (χ4n) is 2.79. The van der Waals surface area contributed by atoms with Gasteiger partial charge >= 0.3 is 6.03 Å². The number of nitrogens with one attached hydrogen (secondary N) is 2. The topological polar surface area (TPSA) is 90.4 Å². The van der Waals surface area contributed by atoms with E-state index < -0.39 is 17.4 Å². The molecule has 1 atom stereocenters. The summed E-state index contributed by atoms with van der Waals surface area (Å²) in [5, 5.41) is 16.7. The Morgan fingerprint density at radius 2 is 1.88 bits per heavy atom. The zero-order valence-electron chi connectivity index (χ0n) is 18.3. The minimum Gasteiger partial charge on any atom is -0.388 e. The first-order valence-corrected chi connectivity index (χ1v) is 10.9. The van der Waals surface area contributed by atoms with Crippen LogP contribution in [-0.2, 0) is 6.54 Å². The maximum Gasteiger partial charge on any atom is 0.327 e. The molecule has 174 valence electrons. The number of anilines is 3. The lowest BCUT2D eigenvalue weighted by atomic mass is 10.0. The molecule has 1 aromatic heterocycles. The van der Waals surface area contributed by atoms with E-state index in [1.54, 1.807) is 45.0 Å². The summed E-state index contributed by atoms with van der Waals surface area (Å²) >= 11 is 12.3. The van der Waals surface area contributed by atoms with Crippen molar-refractivity contribution < 1.29 is 14.3 Å². The quantitative estimate of drug-likeness (QED) is 0.403. The van der Waals surface area contributed by atoms with Crippen molar-refractivity contribution in [1.29, 1.82) is 0 Å². The predicted octanol–water partition coefficient (Wildman–Crippen LogP) is 5.54. The molecule has 0 saturated carbocycles. The van der Waals surface area contributed by atoms with E-state index in [4.69, 9.17) is 23.2 Å². The van der Waals surface area contributed by atoms with E-state index >= 15 is 0 Å². The Morgan fingerprint density at radius 3 is 2.55 bits per heavy atom. The molecule has 0 fully saturated rings. The zero-order valence-corrected chi connectivity index (χ0v) is 19.8. The van der Waals surface area contributed by atoms with E-state index in [0.29, 0.717) is 21.3 Å². The van der Waals surface area contributed by atoms with Gasteiger partial charge in [0.25, 0.3) is 0 Å². The highest BCUT2D eigenvalue weighted by molar-refractivity contribution is 6.42.